The summed E-state index contributed by atoms with van der Waals surface area (Å²) in [7, 11) is 0. The summed E-state index contributed by atoms with van der Waals surface area (Å²) in [6, 6.07) is 0. The van der Waals surface area contributed by atoms with Crippen molar-refractivity contribution in [1.82, 2.24) is 0 Å². The Kier molecular flexibility index (Phi) is 42.9. The van der Waals surface area contributed by atoms with E-state index in [0.717, 1.165) is 27.7 Å². The molecular weight excluding hydrogens is 1100 g/mol. The number of Topliss-reactive ketones (excluding diaryl/α,β-unsaturated/α-hetero) is 4. The fraction of sp³-hybridized carbons (Fsp3) is 0.857. The summed E-state index contributed by atoms with van der Waals surface area (Å²) in [5.74, 6) is -9.69. The van der Waals surface area contributed by atoms with E-state index in [1.54, 1.807) is 166 Å². The van der Waals surface area contributed by atoms with Gasteiger partial charge in [-0.25, -0.2) is 0 Å². The van der Waals surface area contributed by atoms with Crippen LogP contribution in [0, 0.1) is 0 Å². The van der Waals surface area contributed by atoms with Crippen molar-refractivity contribution in [2.75, 3.05) is 0 Å². The smallest absolute Gasteiger partial charge is 0.546 e. The third-order valence-electron chi connectivity index (χ3n) is 9.35. The largest absolute Gasteiger partial charge is 4.00 e. The first-order chi connectivity index (χ1) is 36.0. The number of aliphatic carboxylic acids is 4. The molecule has 0 amide bonds. The van der Waals surface area contributed by atoms with E-state index < -0.39 is 119 Å². The van der Waals surface area contributed by atoms with E-state index >= 15 is 0 Å². The predicted octanol–water partition coefficient (Wildman–Crippen LogP) is 2.66. The van der Waals surface area contributed by atoms with Crippen molar-refractivity contribution in [3.63, 3.8) is 0 Å². The fourth-order valence-corrected chi connectivity index (χ4v) is 6.21. The second kappa shape index (κ2) is 40.2. The molecule has 0 saturated carbocycles. The minimum atomic E-state index is -2.11. The van der Waals surface area contributed by atoms with Crippen LogP contribution in [0.3, 0.4) is 0 Å². The quantitative estimate of drug-likeness (QED) is 0.0494. The molecule has 472 valence electrons. The molecule has 24 nitrogen and oxygen atoms in total. The van der Waals surface area contributed by atoms with Crippen LogP contribution in [0.1, 0.15) is 194 Å². The van der Waals surface area contributed by atoms with Crippen LogP contribution in [0.2, 0.25) is 0 Å². The van der Waals surface area contributed by atoms with Crippen LogP contribution in [-0.2, 0) is 117 Å². The van der Waals surface area contributed by atoms with Crippen LogP contribution in [-0.4, -0.2) is 168 Å². The molecule has 0 aromatic rings. The first-order valence-electron chi connectivity index (χ1n) is 27.0. The first kappa shape index (κ1) is 86.6. The van der Waals surface area contributed by atoms with Crippen molar-refractivity contribution in [2.45, 2.75) is 315 Å². The number of carboxylic acid groups (broad SMARTS) is 4. The molecule has 0 saturated heterocycles. The summed E-state index contributed by atoms with van der Waals surface area (Å²) < 4.78 is 63.8. The van der Waals surface area contributed by atoms with Crippen molar-refractivity contribution in [3.05, 3.63) is 0 Å². The van der Waals surface area contributed by atoms with Crippen molar-refractivity contribution in [1.29, 1.82) is 0 Å². The van der Waals surface area contributed by atoms with Gasteiger partial charge in [0.15, 0.2) is 22.4 Å². The average molecular weight is 1210 g/mol. The third-order valence-corrected chi connectivity index (χ3v) is 9.35. The van der Waals surface area contributed by atoms with Crippen LogP contribution in [0.15, 0.2) is 0 Å². The first-order valence-corrected chi connectivity index (χ1v) is 27.0. The Labute approximate surface area is 497 Å². The SMILES string of the molecule is CC(C)OC(OC(C)C)C(=O)C(C)(OC(C)C)C(=O)[O-].CC(C)OC(OC(C)C)C(=O)C(C)(OC(C)C)C(=O)[O-].CC(C)OC(OC(C)C)C(=O)C(C)(OC(C)C)C(=O)[O-].CC(C)OC(OC(C)C)C(=O)C(C)(OC(C)C)C(=O)[O-].[Ti+4]. The average Bonchev–Trinajstić information content (AvgIpc) is 3.25. The zero-order valence-electron chi connectivity index (χ0n) is 53.5. The van der Waals surface area contributed by atoms with Crippen molar-refractivity contribution >= 4 is 47.0 Å². The summed E-state index contributed by atoms with van der Waals surface area (Å²) in [5, 5.41) is 45.2. The zero-order chi connectivity index (χ0) is 64.3. The van der Waals surface area contributed by atoms with Crippen LogP contribution < -0.4 is 20.4 Å². The molecule has 0 spiro atoms. The molecule has 0 fully saturated rings. The zero-order valence-corrected chi connectivity index (χ0v) is 55.1. The molecule has 0 aliphatic carbocycles. The van der Waals surface area contributed by atoms with Crippen LogP contribution >= 0.6 is 0 Å². The van der Waals surface area contributed by atoms with E-state index in [2.05, 4.69) is 0 Å². The summed E-state index contributed by atoms with van der Waals surface area (Å²) >= 11 is 0. The fourth-order valence-electron chi connectivity index (χ4n) is 6.21. The molecule has 0 rings (SSSR count). The Bertz CT molecular complexity index is 1580. The maximum absolute atomic E-state index is 12.4. The number of hydrogen-bond donors (Lipinski definition) is 0. The molecule has 0 aliphatic heterocycles. The predicted molar refractivity (Wildman–Crippen MR) is 283 cm³/mol. The second-order valence-corrected chi connectivity index (χ2v) is 22.2. The number of hydrogen-bond acceptors (Lipinski definition) is 24. The van der Waals surface area contributed by atoms with E-state index in [0.29, 0.717) is 0 Å². The van der Waals surface area contributed by atoms with E-state index in [1.807, 2.05) is 0 Å². The number of rotatable bonds is 36. The van der Waals surface area contributed by atoms with Gasteiger partial charge >= 0.3 is 21.7 Å². The number of carbonyl (C=O) groups excluding carboxylic acids is 8. The maximum atomic E-state index is 12.4. The summed E-state index contributed by atoms with van der Waals surface area (Å²) in [4.78, 5) is 94.9. The van der Waals surface area contributed by atoms with Crippen molar-refractivity contribution in [2.24, 2.45) is 0 Å². The third kappa shape index (κ3) is 33.8. The number of carboxylic acids is 4. The summed E-state index contributed by atoms with van der Waals surface area (Å²) in [6.45, 7) is 45.3. The summed E-state index contributed by atoms with van der Waals surface area (Å²) in [5.41, 5.74) is -8.43. The van der Waals surface area contributed by atoms with Gasteiger partial charge in [0.25, 0.3) is 0 Å². The van der Waals surface area contributed by atoms with Gasteiger partial charge in [0.05, 0.1) is 97.1 Å². The maximum Gasteiger partial charge on any atom is 4.00 e. The molecule has 0 aromatic heterocycles. The Morgan fingerprint density at radius 2 is 0.333 bits per heavy atom. The molecule has 81 heavy (non-hydrogen) atoms. The molecule has 0 heterocycles. The van der Waals surface area contributed by atoms with E-state index in [9.17, 15) is 58.8 Å². The molecule has 4 atom stereocenters. The molecule has 0 bridgehead atoms. The Morgan fingerprint density at radius 1 is 0.235 bits per heavy atom. The van der Waals surface area contributed by atoms with Gasteiger partial charge in [-0.15, -0.1) is 0 Å². The second-order valence-electron chi connectivity index (χ2n) is 22.2. The van der Waals surface area contributed by atoms with E-state index in [4.69, 9.17) is 56.8 Å². The number of carbonyl (C=O) groups is 8. The van der Waals surface area contributed by atoms with Gasteiger partial charge in [-0.05, 0) is 194 Å². The van der Waals surface area contributed by atoms with Crippen molar-refractivity contribution in [3.8, 4) is 0 Å². The van der Waals surface area contributed by atoms with Gasteiger partial charge < -0.3 is 96.4 Å². The minimum absolute atomic E-state index is 0. The minimum Gasteiger partial charge on any atom is -0.546 e. The molecule has 25 heteroatoms. The molecule has 4 unspecified atom stereocenters. The topological polar surface area (TPSA) is 340 Å². The number of ketones is 4. The van der Waals surface area contributed by atoms with Gasteiger partial charge in [-0.3, -0.25) is 19.2 Å². The standard InChI is InChI=1S/4C14H26O6.Ti/c4*1-8(2)18-12(19-9(3)4)11(15)14(7,13(16)17)20-10(5)6;/h4*8-10,12H,1-7H3,(H,16,17);/q;;;;+4/p-4. The van der Waals surface area contributed by atoms with E-state index in [-0.39, 0.29) is 70.5 Å². The molecule has 0 aliphatic rings. The van der Waals surface area contributed by atoms with Crippen molar-refractivity contribution < 1.29 is 137 Å². The Balaban J connectivity index is -0.000000316. The van der Waals surface area contributed by atoms with E-state index in [1.165, 1.54) is 0 Å². The molecule has 0 radical (unpaired) electrons. The monoisotopic (exact) mass is 1200 g/mol. The Morgan fingerprint density at radius 3 is 0.395 bits per heavy atom. The molecular formula is C56H100O24Ti. The van der Waals surface area contributed by atoms with Crippen LogP contribution in [0.4, 0.5) is 0 Å². The molecule has 0 aromatic carbocycles. The molecule has 0 N–H and O–H groups in total. The van der Waals surface area contributed by atoms with Crippen LogP contribution in [0.5, 0.6) is 0 Å². The van der Waals surface area contributed by atoms with Gasteiger partial charge in [-0.2, -0.15) is 0 Å². The van der Waals surface area contributed by atoms with Gasteiger partial charge in [0.2, 0.25) is 48.3 Å². The Hall–Kier alpha value is -3.21. The van der Waals surface area contributed by atoms with Gasteiger partial charge in [0, 0.05) is 0 Å². The number of ether oxygens (including phenoxy) is 12. The van der Waals surface area contributed by atoms with Crippen LogP contribution in [0.25, 0.3) is 0 Å². The van der Waals surface area contributed by atoms with Gasteiger partial charge in [0.1, 0.15) is 0 Å². The normalized spacial score (nSPS) is 15.0. The van der Waals surface area contributed by atoms with Gasteiger partial charge in [-0.1, -0.05) is 0 Å². The summed E-state index contributed by atoms with van der Waals surface area (Å²) in [6.07, 6.45) is -9.45.